The van der Waals surface area contributed by atoms with Crippen molar-refractivity contribution >= 4 is 27.4 Å². The number of rotatable bonds is 2. The van der Waals surface area contributed by atoms with Crippen LogP contribution < -0.4 is 5.32 Å². The zero-order valence-corrected chi connectivity index (χ0v) is 12.5. The second-order valence-corrected chi connectivity index (χ2v) is 6.11. The number of aromatic nitrogens is 1. The third-order valence-electron chi connectivity index (χ3n) is 2.75. The van der Waals surface area contributed by atoms with Gasteiger partial charge < -0.3 is 5.32 Å². The van der Waals surface area contributed by atoms with E-state index in [0.717, 1.165) is 16.0 Å². The molecule has 0 aliphatic carbocycles. The highest BCUT2D eigenvalue weighted by Crippen LogP contribution is 2.32. The molecule has 2 aromatic rings. The first-order chi connectivity index (χ1) is 8.48. The molecule has 3 heteroatoms. The van der Waals surface area contributed by atoms with E-state index in [1.54, 1.807) is 6.20 Å². The molecular formula is C15H17BrN2. The Hall–Kier alpha value is -1.35. The van der Waals surface area contributed by atoms with Crippen LogP contribution >= 0.6 is 15.9 Å². The van der Waals surface area contributed by atoms with Gasteiger partial charge in [0.1, 0.15) is 5.82 Å². The van der Waals surface area contributed by atoms with Gasteiger partial charge in [-0.1, -0.05) is 39.0 Å². The molecule has 0 fully saturated rings. The summed E-state index contributed by atoms with van der Waals surface area (Å²) in [6.45, 7) is 6.63. The van der Waals surface area contributed by atoms with E-state index in [0.29, 0.717) is 0 Å². The second kappa shape index (κ2) is 5.11. The summed E-state index contributed by atoms with van der Waals surface area (Å²) in [5.74, 6) is 0.842. The Bertz CT molecular complexity index is 544. The van der Waals surface area contributed by atoms with Gasteiger partial charge in [-0.3, -0.25) is 0 Å². The van der Waals surface area contributed by atoms with Crippen LogP contribution in [0.3, 0.4) is 0 Å². The fraction of sp³-hybridized carbons (Fsp3) is 0.267. The standard InChI is InChI=1S/C15H17BrN2/c1-15(2,3)11-7-4-5-9-13(11)18-14-12(16)8-6-10-17-14/h4-10H,1-3H3,(H,17,18). The Balaban J connectivity index is 2.39. The molecule has 0 aliphatic rings. The highest BCUT2D eigenvalue weighted by Gasteiger charge is 2.17. The summed E-state index contributed by atoms with van der Waals surface area (Å²) in [4.78, 5) is 4.34. The quantitative estimate of drug-likeness (QED) is 0.855. The molecule has 0 saturated carbocycles. The van der Waals surface area contributed by atoms with Crippen LogP contribution in [0.15, 0.2) is 47.1 Å². The Morgan fingerprint density at radius 2 is 1.78 bits per heavy atom. The topological polar surface area (TPSA) is 24.9 Å². The van der Waals surface area contributed by atoms with Crippen molar-refractivity contribution in [3.8, 4) is 0 Å². The van der Waals surface area contributed by atoms with E-state index in [2.05, 4.69) is 65.2 Å². The van der Waals surface area contributed by atoms with Crippen LogP contribution in [0, 0.1) is 0 Å². The van der Waals surface area contributed by atoms with Crippen LogP contribution in [-0.4, -0.2) is 4.98 Å². The lowest BCUT2D eigenvalue weighted by molar-refractivity contribution is 0.592. The van der Waals surface area contributed by atoms with E-state index in [-0.39, 0.29) is 5.41 Å². The molecular weight excluding hydrogens is 288 g/mol. The van der Waals surface area contributed by atoms with Gasteiger partial charge >= 0.3 is 0 Å². The number of nitrogens with zero attached hydrogens (tertiary/aromatic N) is 1. The van der Waals surface area contributed by atoms with Crippen LogP contribution in [-0.2, 0) is 5.41 Å². The zero-order valence-electron chi connectivity index (χ0n) is 10.9. The maximum absolute atomic E-state index is 4.34. The van der Waals surface area contributed by atoms with Gasteiger partial charge in [-0.25, -0.2) is 4.98 Å². The maximum atomic E-state index is 4.34. The summed E-state index contributed by atoms with van der Waals surface area (Å²) in [7, 11) is 0. The van der Waals surface area contributed by atoms with Gasteiger partial charge in [0.25, 0.3) is 0 Å². The number of nitrogens with one attached hydrogen (secondary N) is 1. The molecule has 0 spiro atoms. The molecule has 2 nitrogen and oxygen atoms in total. The summed E-state index contributed by atoms with van der Waals surface area (Å²) in [6, 6.07) is 12.2. The van der Waals surface area contributed by atoms with Gasteiger partial charge in [-0.15, -0.1) is 0 Å². The second-order valence-electron chi connectivity index (χ2n) is 5.25. The summed E-state index contributed by atoms with van der Waals surface area (Å²) in [5, 5.41) is 3.39. The number of anilines is 2. The summed E-state index contributed by atoms with van der Waals surface area (Å²) >= 11 is 3.50. The molecule has 1 aromatic carbocycles. The average Bonchev–Trinajstić information content (AvgIpc) is 2.31. The molecule has 0 saturated heterocycles. The monoisotopic (exact) mass is 304 g/mol. The van der Waals surface area contributed by atoms with Crippen LogP contribution in [0.5, 0.6) is 0 Å². The Kier molecular flexibility index (Phi) is 3.71. The molecule has 0 amide bonds. The zero-order chi connectivity index (χ0) is 13.2. The van der Waals surface area contributed by atoms with E-state index in [9.17, 15) is 0 Å². The Morgan fingerprint density at radius 1 is 1.06 bits per heavy atom. The minimum Gasteiger partial charge on any atom is -0.339 e. The molecule has 18 heavy (non-hydrogen) atoms. The fourth-order valence-corrected chi connectivity index (χ4v) is 2.21. The van der Waals surface area contributed by atoms with Gasteiger partial charge in [-0.05, 0) is 45.1 Å². The van der Waals surface area contributed by atoms with Gasteiger partial charge in [0.15, 0.2) is 0 Å². The number of halogens is 1. The number of pyridine rings is 1. The summed E-state index contributed by atoms with van der Waals surface area (Å²) in [5.41, 5.74) is 2.48. The van der Waals surface area contributed by atoms with Crippen molar-refractivity contribution < 1.29 is 0 Å². The molecule has 0 unspecified atom stereocenters. The Labute approximate surface area is 117 Å². The SMILES string of the molecule is CC(C)(C)c1ccccc1Nc1ncccc1Br. The normalized spacial score (nSPS) is 11.3. The van der Waals surface area contributed by atoms with Crippen molar-refractivity contribution in [1.82, 2.24) is 4.98 Å². The molecule has 0 atom stereocenters. The van der Waals surface area contributed by atoms with Crippen molar-refractivity contribution in [1.29, 1.82) is 0 Å². The van der Waals surface area contributed by atoms with Crippen LogP contribution in [0.1, 0.15) is 26.3 Å². The third kappa shape index (κ3) is 2.91. The molecule has 94 valence electrons. The molecule has 2 rings (SSSR count). The molecule has 0 aliphatic heterocycles. The number of hydrogen-bond donors (Lipinski definition) is 1. The largest absolute Gasteiger partial charge is 0.339 e. The Morgan fingerprint density at radius 3 is 2.44 bits per heavy atom. The summed E-state index contributed by atoms with van der Waals surface area (Å²) in [6.07, 6.45) is 1.78. The smallest absolute Gasteiger partial charge is 0.144 e. The van der Waals surface area contributed by atoms with E-state index >= 15 is 0 Å². The van der Waals surface area contributed by atoms with Crippen molar-refractivity contribution in [3.05, 3.63) is 52.6 Å². The molecule has 0 radical (unpaired) electrons. The first-order valence-corrected chi connectivity index (χ1v) is 6.75. The van der Waals surface area contributed by atoms with Crippen LogP contribution in [0.4, 0.5) is 11.5 Å². The van der Waals surface area contributed by atoms with Crippen molar-refractivity contribution in [2.75, 3.05) is 5.32 Å². The highest BCUT2D eigenvalue weighted by atomic mass is 79.9. The lowest BCUT2D eigenvalue weighted by Gasteiger charge is -2.23. The highest BCUT2D eigenvalue weighted by molar-refractivity contribution is 9.10. The van der Waals surface area contributed by atoms with Crippen molar-refractivity contribution in [3.63, 3.8) is 0 Å². The molecule has 0 bridgehead atoms. The summed E-state index contributed by atoms with van der Waals surface area (Å²) < 4.78 is 0.966. The van der Waals surface area contributed by atoms with E-state index in [1.807, 2.05) is 18.2 Å². The maximum Gasteiger partial charge on any atom is 0.144 e. The van der Waals surface area contributed by atoms with Crippen LogP contribution in [0.2, 0.25) is 0 Å². The molecule has 1 heterocycles. The molecule has 1 aromatic heterocycles. The third-order valence-corrected chi connectivity index (χ3v) is 3.39. The van der Waals surface area contributed by atoms with Crippen molar-refractivity contribution in [2.24, 2.45) is 0 Å². The first kappa shape index (κ1) is 13.1. The lowest BCUT2D eigenvalue weighted by atomic mass is 9.86. The van der Waals surface area contributed by atoms with E-state index in [1.165, 1.54) is 5.56 Å². The minimum absolute atomic E-state index is 0.102. The molecule has 1 N–H and O–H groups in total. The number of para-hydroxylation sites is 1. The predicted molar refractivity (Wildman–Crippen MR) is 80.4 cm³/mol. The van der Waals surface area contributed by atoms with Crippen molar-refractivity contribution in [2.45, 2.75) is 26.2 Å². The number of hydrogen-bond acceptors (Lipinski definition) is 2. The number of benzene rings is 1. The lowest BCUT2D eigenvalue weighted by Crippen LogP contribution is -2.13. The minimum atomic E-state index is 0.102. The van der Waals surface area contributed by atoms with E-state index < -0.39 is 0 Å². The van der Waals surface area contributed by atoms with E-state index in [4.69, 9.17) is 0 Å². The van der Waals surface area contributed by atoms with Gasteiger partial charge in [0.2, 0.25) is 0 Å². The average molecular weight is 305 g/mol. The van der Waals surface area contributed by atoms with Gasteiger partial charge in [0, 0.05) is 11.9 Å². The van der Waals surface area contributed by atoms with Gasteiger partial charge in [0.05, 0.1) is 4.47 Å². The van der Waals surface area contributed by atoms with Gasteiger partial charge in [-0.2, -0.15) is 0 Å². The van der Waals surface area contributed by atoms with Crippen LogP contribution in [0.25, 0.3) is 0 Å². The fourth-order valence-electron chi connectivity index (χ4n) is 1.85. The first-order valence-electron chi connectivity index (χ1n) is 5.95. The predicted octanol–water partition coefficient (Wildman–Crippen LogP) is 4.89.